The molecule has 0 bridgehead atoms. The zero-order valence-corrected chi connectivity index (χ0v) is 30.1. The van der Waals surface area contributed by atoms with Crippen molar-refractivity contribution in [2.75, 3.05) is 40.3 Å². The number of halogens is 7. The largest absolute Gasteiger partial charge is 0.491 e. The van der Waals surface area contributed by atoms with Crippen LogP contribution in [0.3, 0.4) is 0 Å². The van der Waals surface area contributed by atoms with Crippen LogP contribution in [0.15, 0.2) is 66.7 Å². The highest BCUT2D eigenvalue weighted by atomic mass is 19.4. The number of piperazine rings is 1. The third kappa shape index (κ3) is 12.2. The molecule has 5 rings (SSSR count). The highest BCUT2D eigenvalue weighted by molar-refractivity contribution is 5.94. The van der Waals surface area contributed by atoms with Crippen LogP contribution in [0.5, 0.6) is 0 Å². The van der Waals surface area contributed by atoms with Crippen molar-refractivity contribution in [3.05, 3.63) is 94.8 Å². The number of nitrogens with one attached hydrogen (secondary N) is 2. The van der Waals surface area contributed by atoms with Crippen molar-refractivity contribution in [3.63, 3.8) is 0 Å². The predicted octanol–water partition coefficient (Wildman–Crippen LogP) is 6.31. The molecule has 294 valence electrons. The Morgan fingerprint density at radius 1 is 0.944 bits per heavy atom. The monoisotopic (exact) mass is 769 g/mol. The minimum Gasteiger partial charge on any atom is -0.475 e. The molecule has 0 aromatic heterocycles. The molecule has 0 saturated carbocycles. The topological polar surface area (TPSA) is 108 Å². The van der Waals surface area contributed by atoms with E-state index < -0.39 is 30.5 Å². The van der Waals surface area contributed by atoms with Crippen molar-refractivity contribution in [1.29, 1.82) is 0 Å². The fraction of sp³-hybridized carbons (Fsp3) is 0.447. The summed E-state index contributed by atoms with van der Waals surface area (Å²) >= 11 is 0. The molecular formula is C38H44F7N4O5+. The van der Waals surface area contributed by atoms with Crippen LogP contribution in [0, 0.1) is 11.7 Å². The third-order valence-electron chi connectivity index (χ3n) is 9.44. The van der Waals surface area contributed by atoms with Crippen molar-refractivity contribution in [2.24, 2.45) is 5.92 Å². The van der Waals surface area contributed by atoms with Gasteiger partial charge in [0, 0.05) is 62.7 Å². The van der Waals surface area contributed by atoms with Crippen LogP contribution in [-0.4, -0.2) is 97.2 Å². The fourth-order valence-corrected chi connectivity index (χ4v) is 6.53. The Kier molecular flexibility index (Phi) is 13.9. The van der Waals surface area contributed by atoms with Crippen LogP contribution in [0.2, 0.25) is 0 Å². The number of hydrogen-bond acceptors (Lipinski definition) is 6. The lowest BCUT2D eigenvalue weighted by Gasteiger charge is -2.43. The number of alkyl halides is 6. The van der Waals surface area contributed by atoms with E-state index in [1.807, 2.05) is 24.3 Å². The van der Waals surface area contributed by atoms with Crippen LogP contribution in [0.4, 0.5) is 30.7 Å². The van der Waals surface area contributed by atoms with E-state index in [0.717, 1.165) is 54.9 Å². The lowest BCUT2D eigenvalue weighted by Crippen LogP contribution is -2.56. The number of carbonyl (C=O) groups is 3. The number of amides is 1. The van der Waals surface area contributed by atoms with Crippen LogP contribution in [0.1, 0.15) is 46.8 Å². The molecule has 3 aromatic carbocycles. The molecule has 0 aliphatic carbocycles. The maximum atomic E-state index is 15.0. The Hall–Kier alpha value is -4.54. The smallest absolute Gasteiger partial charge is 0.475 e. The van der Waals surface area contributed by atoms with Gasteiger partial charge < -0.3 is 20.5 Å². The van der Waals surface area contributed by atoms with Gasteiger partial charge in [-0.25, -0.2) is 14.0 Å². The number of likely N-dealkylation sites (tertiary alicyclic amines) is 1. The van der Waals surface area contributed by atoms with Gasteiger partial charge in [0.1, 0.15) is 5.82 Å². The number of quaternary nitrogens is 1. The van der Waals surface area contributed by atoms with Gasteiger partial charge in [-0.15, -0.1) is 0 Å². The van der Waals surface area contributed by atoms with Gasteiger partial charge >= 0.3 is 24.3 Å². The first kappa shape index (κ1) is 42.2. The second-order valence-corrected chi connectivity index (χ2v) is 14.2. The molecule has 2 aliphatic heterocycles. The number of aliphatic carboxylic acids is 1. The number of piperidine rings is 1. The number of benzene rings is 3. The molecule has 3 N–H and O–H groups in total. The molecule has 2 heterocycles. The molecule has 2 fully saturated rings. The number of hydrogen-bond donors (Lipinski definition) is 3. The van der Waals surface area contributed by atoms with Gasteiger partial charge in [0.15, 0.2) is 0 Å². The van der Waals surface area contributed by atoms with Crippen molar-refractivity contribution in [1.82, 2.24) is 15.5 Å². The first-order valence-electron chi connectivity index (χ1n) is 17.3. The summed E-state index contributed by atoms with van der Waals surface area (Å²) in [4.78, 5) is 36.0. The summed E-state index contributed by atoms with van der Waals surface area (Å²) in [7, 11) is 3.51. The molecule has 54 heavy (non-hydrogen) atoms. The standard InChI is InChI=1S/C36H42F4N4O3.C2HF3O2/c1-24-22-43(14-13-41-24)23-28-7-5-8-29(18-28)31-19-27(10-11-32(31)37)21-42-34(45)30-9-4-6-25(17-30)16-26-12-15-44(2,3)33(20-26)47-35(46)36(38,39)40;3-2(4,5)1(6)7/h4-11,17-19,24,26,33,41H,12-16,20-23H2,1-3H3;(H,6,7)/p+1/t24-,26?,33?;/m0./s1. The van der Waals surface area contributed by atoms with E-state index in [0.29, 0.717) is 30.1 Å². The number of ether oxygens (including phenoxy) is 1. The van der Waals surface area contributed by atoms with E-state index in [-0.39, 0.29) is 35.1 Å². The molecule has 2 unspecified atom stereocenters. The second-order valence-electron chi connectivity index (χ2n) is 14.2. The van der Waals surface area contributed by atoms with Crippen molar-refractivity contribution >= 4 is 17.8 Å². The minimum absolute atomic E-state index is 0.0120. The lowest BCUT2D eigenvalue weighted by molar-refractivity contribution is -0.941. The Morgan fingerprint density at radius 2 is 1.63 bits per heavy atom. The fourth-order valence-electron chi connectivity index (χ4n) is 6.53. The van der Waals surface area contributed by atoms with Crippen molar-refractivity contribution in [3.8, 4) is 11.1 Å². The van der Waals surface area contributed by atoms with Crippen LogP contribution < -0.4 is 10.6 Å². The van der Waals surface area contributed by atoms with Gasteiger partial charge in [-0.05, 0) is 71.8 Å². The average molecular weight is 770 g/mol. The molecule has 16 heteroatoms. The van der Waals surface area contributed by atoms with E-state index in [1.165, 1.54) is 6.07 Å². The van der Waals surface area contributed by atoms with Crippen LogP contribution >= 0.6 is 0 Å². The van der Waals surface area contributed by atoms with Gasteiger partial charge in [0.05, 0.1) is 20.6 Å². The van der Waals surface area contributed by atoms with E-state index in [4.69, 9.17) is 14.6 Å². The van der Waals surface area contributed by atoms with Crippen molar-refractivity contribution in [2.45, 2.75) is 63.9 Å². The summed E-state index contributed by atoms with van der Waals surface area (Å²) in [5.41, 5.74) is 4.45. The first-order valence-corrected chi connectivity index (χ1v) is 17.3. The van der Waals surface area contributed by atoms with Gasteiger partial charge in [-0.1, -0.05) is 36.4 Å². The minimum atomic E-state index is -5.08. The molecular weight excluding hydrogens is 725 g/mol. The van der Waals surface area contributed by atoms with Gasteiger partial charge in [-0.2, -0.15) is 26.3 Å². The summed E-state index contributed by atoms with van der Waals surface area (Å²) in [5, 5.41) is 13.5. The summed E-state index contributed by atoms with van der Waals surface area (Å²) in [6, 6.07) is 20.3. The molecule has 2 saturated heterocycles. The number of carboxylic acid groups (broad SMARTS) is 1. The maximum Gasteiger partial charge on any atom is 0.491 e. The van der Waals surface area contributed by atoms with Gasteiger partial charge in [0.25, 0.3) is 5.91 Å². The highest BCUT2D eigenvalue weighted by Crippen LogP contribution is 2.32. The third-order valence-corrected chi connectivity index (χ3v) is 9.44. The first-order chi connectivity index (χ1) is 25.2. The molecule has 2 aliphatic rings. The van der Waals surface area contributed by atoms with E-state index in [1.54, 1.807) is 44.4 Å². The van der Waals surface area contributed by atoms with E-state index in [2.05, 4.69) is 28.5 Å². The summed E-state index contributed by atoms with van der Waals surface area (Å²) in [5.74, 6) is -5.56. The molecule has 1 amide bonds. The van der Waals surface area contributed by atoms with E-state index in [9.17, 15) is 40.3 Å². The number of nitrogens with zero attached hydrogens (tertiary/aromatic N) is 2. The number of carboxylic acids is 1. The quantitative estimate of drug-likeness (QED) is 0.133. The Bertz CT molecular complexity index is 1780. The molecule has 0 radical (unpaired) electrons. The number of esters is 1. The zero-order valence-electron chi connectivity index (χ0n) is 30.1. The van der Waals surface area contributed by atoms with E-state index >= 15 is 0 Å². The van der Waals surface area contributed by atoms with Crippen molar-refractivity contribution < 1.29 is 59.4 Å². The van der Waals surface area contributed by atoms with Gasteiger partial charge in [0.2, 0.25) is 6.23 Å². The zero-order chi connectivity index (χ0) is 39.8. The normalized spacial score (nSPS) is 20.3. The Labute approximate surface area is 308 Å². The molecule has 3 aromatic rings. The highest BCUT2D eigenvalue weighted by Gasteiger charge is 2.47. The van der Waals surface area contributed by atoms with Crippen LogP contribution in [-0.2, 0) is 33.8 Å². The molecule has 3 atom stereocenters. The SMILES string of the molecule is C[C@H]1CN(Cc2cccc(-c3cc(CNC(=O)c4cccc(CC5CC[N+](C)(C)C(OC(=O)C(F)(F)F)C5)c4)ccc3F)c2)CCN1.O=C(O)C(F)(F)F. The van der Waals surface area contributed by atoms with Gasteiger partial charge in [-0.3, -0.25) is 14.2 Å². The summed E-state index contributed by atoms with van der Waals surface area (Å²) in [6.45, 7) is 6.58. The lowest BCUT2D eigenvalue weighted by atomic mass is 9.88. The molecule has 9 nitrogen and oxygen atoms in total. The summed E-state index contributed by atoms with van der Waals surface area (Å²) in [6.07, 6.45) is -9.47. The number of carbonyl (C=O) groups excluding carboxylic acids is 2. The Morgan fingerprint density at radius 3 is 2.30 bits per heavy atom. The Balaban J connectivity index is 0.000000845. The van der Waals surface area contributed by atoms with Crippen LogP contribution in [0.25, 0.3) is 11.1 Å². The summed E-state index contributed by atoms with van der Waals surface area (Å²) < 4.78 is 90.4. The molecule has 0 spiro atoms. The predicted molar refractivity (Wildman–Crippen MR) is 185 cm³/mol. The average Bonchev–Trinajstić information content (AvgIpc) is 3.09. The second kappa shape index (κ2) is 17.7. The number of rotatable bonds is 9. The maximum absolute atomic E-state index is 15.0.